The number of allylic oxidation sites excluding steroid dienone is 2. The van der Waals surface area contributed by atoms with Crippen molar-refractivity contribution < 1.29 is 15.0 Å². The molecule has 0 aromatic rings. The van der Waals surface area contributed by atoms with Crippen LogP contribution in [0, 0.1) is 0 Å². The second kappa shape index (κ2) is 15.6. The van der Waals surface area contributed by atoms with Crippen molar-refractivity contribution in [3.8, 4) is 0 Å². The summed E-state index contributed by atoms with van der Waals surface area (Å²) in [5.41, 5.74) is 0. The highest BCUT2D eigenvalue weighted by Crippen LogP contribution is 2.11. The minimum Gasteiger partial charge on any atom is -0.479 e. The van der Waals surface area contributed by atoms with Crippen LogP contribution in [0.1, 0.15) is 90.4 Å². The molecule has 3 nitrogen and oxygen atoms in total. The Morgan fingerprint density at radius 1 is 0.857 bits per heavy atom. The van der Waals surface area contributed by atoms with E-state index in [0.29, 0.717) is 6.42 Å². The van der Waals surface area contributed by atoms with E-state index in [2.05, 4.69) is 19.1 Å². The van der Waals surface area contributed by atoms with Crippen molar-refractivity contribution in [1.29, 1.82) is 0 Å². The SMILES string of the molecule is CCCCCC=CCCCCCCCCC[C@H](O)C(=O)O. The van der Waals surface area contributed by atoms with Crippen LogP contribution in [-0.4, -0.2) is 22.3 Å². The quantitative estimate of drug-likeness (QED) is 0.327. The first kappa shape index (κ1) is 20.2. The van der Waals surface area contributed by atoms with Gasteiger partial charge in [0.25, 0.3) is 0 Å². The largest absolute Gasteiger partial charge is 0.479 e. The highest BCUT2D eigenvalue weighted by Gasteiger charge is 2.11. The molecule has 0 bridgehead atoms. The third-order valence-corrected chi connectivity index (χ3v) is 3.77. The summed E-state index contributed by atoms with van der Waals surface area (Å²) in [4.78, 5) is 10.4. The monoisotopic (exact) mass is 298 g/mol. The second-order valence-corrected chi connectivity index (χ2v) is 5.87. The van der Waals surface area contributed by atoms with E-state index in [1.165, 1.54) is 57.8 Å². The van der Waals surface area contributed by atoms with Crippen LogP contribution in [0.3, 0.4) is 0 Å². The number of carbonyl (C=O) groups is 1. The average Bonchev–Trinajstić information content (AvgIpc) is 2.47. The Balaban J connectivity index is 3.14. The molecule has 0 aromatic carbocycles. The Hall–Kier alpha value is -0.830. The molecule has 0 aliphatic carbocycles. The smallest absolute Gasteiger partial charge is 0.332 e. The maximum absolute atomic E-state index is 10.4. The standard InChI is InChI=1S/C18H34O3/c1-2-3-4-5-6-7-8-9-10-11-12-13-14-15-16-17(19)18(20)21/h6-7,17,19H,2-5,8-16H2,1H3,(H,20,21)/t17-/m0/s1. The zero-order chi connectivity index (χ0) is 15.8. The molecule has 0 aliphatic rings. The lowest BCUT2D eigenvalue weighted by Crippen LogP contribution is -2.18. The lowest BCUT2D eigenvalue weighted by Gasteiger charge is -2.04. The molecule has 0 saturated heterocycles. The van der Waals surface area contributed by atoms with Gasteiger partial charge in [0.2, 0.25) is 0 Å². The van der Waals surface area contributed by atoms with Crippen LogP contribution in [0.4, 0.5) is 0 Å². The van der Waals surface area contributed by atoms with Gasteiger partial charge in [0, 0.05) is 0 Å². The maximum Gasteiger partial charge on any atom is 0.332 e. The van der Waals surface area contributed by atoms with Crippen LogP contribution < -0.4 is 0 Å². The second-order valence-electron chi connectivity index (χ2n) is 5.87. The predicted octanol–water partition coefficient (Wildman–Crippen LogP) is 5.08. The molecular weight excluding hydrogens is 264 g/mol. The third-order valence-electron chi connectivity index (χ3n) is 3.77. The van der Waals surface area contributed by atoms with Crippen molar-refractivity contribution in [3.63, 3.8) is 0 Å². The van der Waals surface area contributed by atoms with Gasteiger partial charge >= 0.3 is 5.97 Å². The van der Waals surface area contributed by atoms with Crippen LogP contribution in [0.15, 0.2) is 12.2 Å². The average molecular weight is 298 g/mol. The van der Waals surface area contributed by atoms with Gasteiger partial charge in [0.1, 0.15) is 0 Å². The van der Waals surface area contributed by atoms with E-state index in [9.17, 15) is 4.79 Å². The Kier molecular flexibility index (Phi) is 14.9. The molecule has 124 valence electrons. The normalized spacial score (nSPS) is 12.9. The van der Waals surface area contributed by atoms with E-state index < -0.39 is 12.1 Å². The summed E-state index contributed by atoms with van der Waals surface area (Å²) < 4.78 is 0. The molecule has 1 atom stereocenters. The lowest BCUT2D eigenvalue weighted by molar-refractivity contribution is -0.146. The number of rotatable bonds is 15. The fraction of sp³-hybridized carbons (Fsp3) is 0.833. The predicted molar refractivity (Wildman–Crippen MR) is 88.5 cm³/mol. The lowest BCUT2D eigenvalue weighted by atomic mass is 10.1. The van der Waals surface area contributed by atoms with Crippen LogP contribution in [0.5, 0.6) is 0 Å². The number of aliphatic hydroxyl groups excluding tert-OH is 1. The van der Waals surface area contributed by atoms with Gasteiger partial charge in [0.15, 0.2) is 6.10 Å². The van der Waals surface area contributed by atoms with Gasteiger partial charge < -0.3 is 10.2 Å². The van der Waals surface area contributed by atoms with E-state index in [1.54, 1.807) is 0 Å². The summed E-state index contributed by atoms with van der Waals surface area (Å²) in [5.74, 6) is -1.10. The molecule has 2 N–H and O–H groups in total. The van der Waals surface area contributed by atoms with E-state index in [1.807, 2.05) is 0 Å². The minimum atomic E-state index is -1.17. The number of unbranched alkanes of at least 4 members (excludes halogenated alkanes) is 10. The van der Waals surface area contributed by atoms with Gasteiger partial charge in [0.05, 0.1) is 0 Å². The zero-order valence-corrected chi connectivity index (χ0v) is 13.7. The molecule has 0 aromatic heterocycles. The Bertz CT molecular complexity index is 261. The maximum atomic E-state index is 10.4. The number of aliphatic carboxylic acids is 1. The number of carboxylic acid groups (broad SMARTS) is 1. The third kappa shape index (κ3) is 15.4. The van der Waals surface area contributed by atoms with Gasteiger partial charge in [-0.05, 0) is 32.1 Å². The summed E-state index contributed by atoms with van der Waals surface area (Å²) in [6.07, 6.45) is 18.3. The van der Waals surface area contributed by atoms with Crippen LogP contribution in [0.25, 0.3) is 0 Å². The molecule has 3 heteroatoms. The summed E-state index contributed by atoms with van der Waals surface area (Å²) >= 11 is 0. The summed E-state index contributed by atoms with van der Waals surface area (Å²) in [6, 6.07) is 0. The zero-order valence-electron chi connectivity index (χ0n) is 13.7. The Morgan fingerprint density at radius 2 is 1.33 bits per heavy atom. The molecule has 0 saturated carbocycles. The Morgan fingerprint density at radius 3 is 1.86 bits per heavy atom. The highest BCUT2D eigenvalue weighted by molar-refractivity contribution is 5.71. The molecule has 0 aliphatic heterocycles. The van der Waals surface area contributed by atoms with Crippen molar-refractivity contribution >= 4 is 5.97 Å². The van der Waals surface area contributed by atoms with E-state index in [0.717, 1.165) is 19.3 Å². The molecule has 0 amide bonds. The topological polar surface area (TPSA) is 57.5 Å². The number of carboxylic acids is 1. The summed E-state index contributed by atoms with van der Waals surface area (Å²) in [7, 11) is 0. The van der Waals surface area contributed by atoms with Crippen LogP contribution in [-0.2, 0) is 4.79 Å². The van der Waals surface area contributed by atoms with Gasteiger partial charge in [-0.25, -0.2) is 4.79 Å². The van der Waals surface area contributed by atoms with Crippen molar-refractivity contribution in [2.45, 2.75) is 96.5 Å². The Labute approximate surface area is 130 Å². The first-order valence-corrected chi connectivity index (χ1v) is 8.74. The first-order chi connectivity index (χ1) is 10.2. The van der Waals surface area contributed by atoms with E-state index in [4.69, 9.17) is 10.2 Å². The van der Waals surface area contributed by atoms with Crippen molar-refractivity contribution in [2.24, 2.45) is 0 Å². The molecular formula is C18H34O3. The number of hydrogen-bond acceptors (Lipinski definition) is 2. The van der Waals surface area contributed by atoms with E-state index in [-0.39, 0.29) is 0 Å². The molecule has 21 heavy (non-hydrogen) atoms. The summed E-state index contributed by atoms with van der Waals surface area (Å²) in [6.45, 7) is 2.23. The first-order valence-electron chi connectivity index (χ1n) is 8.74. The van der Waals surface area contributed by atoms with Crippen molar-refractivity contribution in [3.05, 3.63) is 12.2 Å². The fourth-order valence-electron chi connectivity index (χ4n) is 2.36. The van der Waals surface area contributed by atoms with Crippen molar-refractivity contribution in [2.75, 3.05) is 0 Å². The molecule has 0 fully saturated rings. The van der Waals surface area contributed by atoms with Gasteiger partial charge in [-0.3, -0.25) is 0 Å². The highest BCUT2D eigenvalue weighted by atomic mass is 16.4. The minimum absolute atomic E-state index is 0.387. The van der Waals surface area contributed by atoms with Gasteiger partial charge in [-0.1, -0.05) is 70.4 Å². The van der Waals surface area contributed by atoms with Gasteiger partial charge in [-0.2, -0.15) is 0 Å². The molecule has 0 radical (unpaired) electrons. The van der Waals surface area contributed by atoms with Crippen LogP contribution in [0.2, 0.25) is 0 Å². The fourth-order valence-corrected chi connectivity index (χ4v) is 2.36. The molecule has 0 heterocycles. The molecule has 0 rings (SSSR count). The molecule has 0 unspecified atom stereocenters. The van der Waals surface area contributed by atoms with Crippen molar-refractivity contribution in [1.82, 2.24) is 0 Å². The number of hydrogen-bond donors (Lipinski definition) is 2. The van der Waals surface area contributed by atoms with Crippen LogP contribution >= 0.6 is 0 Å². The summed E-state index contributed by atoms with van der Waals surface area (Å²) in [5, 5.41) is 17.6. The molecule has 0 spiro atoms. The van der Waals surface area contributed by atoms with Gasteiger partial charge in [-0.15, -0.1) is 0 Å². The van der Waals surface area contributed by atoms with E-state index >= 15 is 0 Å². The number of aliphatic hydroxyl groups is 1.